The van der Waals surface area contributed by atoms with E-state index in [1.807, 2.05) is 18.2 Å². The maximum Gasteiger partial charge on any atom is 0.125 e. The van der Waals surface area contributed by atoms with Crippen LogP contribution in [-0.4, -0.2) is 30.6 Å². The van der Waals surface area contributed by atoms with Crippen LogP contribution in [0.25, 0.3) is 0 Å². The molecule has 0 amide bonds. The summed E-state index contributed by atoms with van der Waals surface area (Å²) < 4.78 is 6.35. The summed E-state index contributed by atoms with van der Waals surface area (Å²) in [6.07, 6.45) is 4.21. The van der Waals surface area contributed by atoms with Gasteiger partial charge in [0.2, 0.25) is 0 Å². The van der Waals surface area contributed by atoms with Crippen molar-refractivity contribution in [1.82, 2.24) is 4.90 Å². The number of hydrogen-bond acceptors (Lipinski definition) is 3. The van der Waals surface area contributed by atoms with Gasteiger partial charge in [-0.25, -0.2) is 0 Å². The zero-order chi connectivity index (χ0) is 13.5. The molecular formula is C15H21ClN2O. The fourth-order valence-corrected chi connectivity index (χ4v) is 3.48. The first-order valence-corrected chi connectivity index (χ1v) is 7.38. The van der Waals surface area contributed by atoms with Gasteiger partial charge in [0.25, 0.3) is 0 Å². The second kappa shape index (κ2) is 4.97. The van der Waals surface area contributed by atoms with Crippen LogP contribution < -0.4 is 10.5 Å². The van der Waals surface area contributed by atoms with Crippen LogP contribution in [0.5, 0.6) is 5.75 Å². The van der Waals surface area contributed by atoms with Crippen molar-refractivity contribution in [1.29, 1.82) is 0 Å². The van der Waals surface area contributed by atoms with E-state index < -0.39 is 0 Å². The number of fused-ring (bicyclic) bond motifs is 1. The van der Waals surface area contributed by atoms with Crippen LogP contribution in [0, 0.1) is 0 Å². The summed E-state index contributed by atoms with van der Waals surface area (Å²) in [5.74, 6) is 0.924. The van der Waals surface area contributed by atoms with Gasteiger partial charge in [0.15, 0.2) is 0 Å². The highest BCUT2D eigenvalue weighted by Crippen LogP contribution is 2.43. The Kier molecular flexibility index (Phi) is 3.46. The van der Waals surface area contributed by atoms with E-state index in [0.29, 0.717) is 0 Å². The lowest BCUT2D eigenvalue weighted by Gasteiger charge is -2.41. The molecule has 1 saturated heterocycles. The van der Waals surface area contributed by atoms with Crippen molar-refractivity contribution in [3.63, 3.8) is 0 Å². The third-order valence-electron chi connectivity index (χ3n) is 4.41. The van der Waals surface area contributed by atoms with Gasteiger partial charge in [-0.15, -0.1) is 0 Å². The topological polar surface area (TPSA) is 38.5 Å². The predicted octanol–water partition coefficient (Wildman–Crippen LogP) is 2.98. The average molecular weight is 281 g/mol. The van der Waals surface area contributed by atoms with E-state index in [4.69, 9.17) is 22.1 Å². The minimum absolute atomic E-state index is 0.0332. The molecule has 2 aliphatic heterocycles. The highest BCUT2D eigenvalue weighted by molar-refractivity contribution is 6.30. The maximum atomic E-state index is 6.35. The molecule has 4 heteroatoms. The van der Waals surface area contributed by atoms with Gasteiger partial charge >= 0.3 is 0 Å². The molecule has 2 heterocycles. The third-order valence-corrected chi connectivity index (χ3v) is 4.65. The van der Waals surface area contributed by atoms with Gasteiger partial charge in [-0.05, 0) is 51.1 Å². The van der Waals surface area contributed by atoms with Crippen molar-refractivity contribution >= 4 is 11.6 Å². The summed E-state index contributed by atoms with van der Waals surface area (Å²) in [6, 6.07) is 5.82. The van der Waals surface area contributed by atoms with Crippen LogP contribution in [0.3, 0.4) is 0 Å². The van der Waals surface area contributed by atoms with Crippen LogP contribution in [0.2, 0.25) is 5.02 Å². The van der Waals surface area contributed by atoms with Gasteiger partial charge in [-0.3, -0.25) is 0 Å². The standard InChI is InChI=1S/C15H21ClN2O/c1-18-7-2-5-15(6-8-18)10-13(17)12-9-11(16)3-4-14(12)19-15/h3-4,9,13H,2,5-8,10,17H2,1H3. The number of nitrogens with zero attached hydrogens (tertiary/aromatic N) is 1. The van der Waals surface area contributed by atoms with Crippen LogP contribution in [0.15, 0.2) is 18.2 Å². The summed E-state index contributed by atoms with van der Waals surface area (Å²) in [5.41, 5.74) is 7.33. The van der Waals surface area contributed by atoms with E-state index in [1.54, 1.807) is 0 Å². The normalized spacial score (nSPS) is 31.6. The van der Waals surface area contributed by atoms with Gasteiger partial charge < -0.3 is 15.4 Å². The summed E-state index contributed by atoms with van der Waals surface area (Å²) in [5, 5.41) is 0.731. The Balaban J connectivity index is 1.89. The van der Waals surface area contributed by atoms with Crippen molar-refractivity contribution in [2.75, 3.05) is 20.1 Å². The van der Waals surface area contributed by atoms with E-state index in [-0.39, 0.29) is 11.6 Å². The first kappa shape index (κ1) is 13.2. The molecule has 3 nitrogen and oxygen atoms in total. The number of ether oxygens (including phenoxy) is 1. The summed E-state index contributed by atoms with van der Waals surface area (Å²) in [7, 11) is 2.18. The number of hydrogen-bond donors (Lipinski definition) is 1. The monoisotopic (exact) mass is 280 g/mol. The molecule has 104 valence electrons. The molecule has 3 rings (SSSR count). The Morgan fingerprint density at radius 1 is 1.37 bits per heavy atom. The Bertz CT molecular complexity index is 479. The Labute approximate surface area is 119 Å². The van der Waals surface area contributed by atoms with Crippen molar-refractivity contribution in [2.45, 2.75) is 37.3 Å². The zero-order valence-electron chi connectivity index (χ0n) is 11.4. The van der Waals surface area contributed by atoms with Crippen molar-refractivity contribution in [3.8, 4) is 5.75 Å². The first-order valence-electron chi connectivity index (χ1n) is 7.01. The molecule has 0 bridgehead atoms. The lowest BCUT2D eigenvalue weighted by atomic mass is 9.82. The molecule has 0 saturated carbocycles. The smallest absolute Gasteiger partial charge is 0.125 e. The largest absolute Gasteiger partial charge is 0.487 e. The zero-order valence-corrected chi connectivity index (χ0v) is 12.1. The fraction of sp³-hybridized carbons (Fsp3) is 0.600. The second-order valence-corrected chi connectivity index (χ2v) is 6.37. The maximum absolute atomic E-state index is 6.35. The number of benzene rings is 1. The number of likely N-dealkylation sites (tertiary alicyclic amines) is 1. The third kappa shape index (κ3) is 2.60. The minimum atomic E-state index is -0.0784. The van der Waals surface area contributed by atoms with E-state index in [9.17, 15) is 0 Å². The number of rotatable bonds is 0. The summed E-state index contributed by atoms with van der Waals surface area (Å²) in [6.45, 7) is 2.23. The highest BCUT2D eigenvalue weighted by atomic mass is 35.5. The molecule has 2 atom stereocenters. The Morgan fingerprint density at radius 2 is 2.21 bits per heavy atom. The fourth-order valence-electron chi connectivity index (χ4n) is 3.30. The number of halogens is 1. The lowest BCUT2D eigenvalue weighted by Crippen LogP contribution is -2.43. The molecule has 1 spiro atoms. The van der Waals surface area contributed by atoms with Crippen LogP contribution in [-0.2, 0) is 0 Å². The molecule has 1 fully saturated rings. The van der Waals surface area contributed by atoms with E-state index >= 15 is 0 Å². The summed E-state index contributed by atoms with van der Waals surface area (Å²) >= 11 is 6.05. The summed E-state index contributed by atoms with van der Waals surface area (Å²) in [4.78, 5) is 2.38. The lowest BCUT2D eigenvalue weighted by molar-refractivity contribution is 0.0223. The molecule has 0 aliphatic carbocycles. The predicted molar refractivity (Wildman–Crippen MR) is 77.7 cm³/mol. The molecule has 0 radical (unpaired) electrons. The van der Waals surface area contributed by atoms with Crippen LogP contribution in [0.4, 0.5) is 0 Å². The van der Waals surface area contributed by atoms with E-state index in [0.717, 1.165) is 48.7 Å². The minimum Gasteiger partial charge on any atom is -0.487 e. The highest BCUT2D eigenvalue weighted by Gasteiger charge is 2.40. The SMILES string of the molecule is CN1CCCC2(CC1)CC(N)c1cc(Cl)ccc1O2. The first-order chi connectivity index (χ1) is 9.08. The van der Waals surface area contributed by atoms with Gasteiger partial charge in [0, 0.05) is 29.6 Å². The molecule has 2 unspecified atom stereocenters. The molecular weight excluding hydrogens is 260 g/mol. The average Bonchev–Trinajstić information content (AvgIpc) is 2.54. The Morgan fingerprint density at radius 3 is 3.05 bits per heavy atom. The van der Waals surface area contributed by atoms with Crippen molar-refractivity contribution in [3.05, 3.63) is 28.8 Å². The van der Waals surface area contributed by atoms with E-state index in [1.165, 1.54) is 6.42 Å². The van der Waals surface area contributed by atoms with Crippen LogP contribution in [0.1, 0.15) is 37.3 Å². The molecule has 19 heavy (non-hydrogen) atoms. The molecule has 2 aliphatic rings. The van der Waals surface area contributed by atoms with Gasteiger partial charge in [-0.1, -0.05) is 11.6 Å². The second-order valence-electron chi connectivity index (χ2n) is 5.93. The van der Waals surface area contributed by atoms with Gasteiger partial charge in [0.1, 0.15) is 11.4 Å². The molecule has 1 aromatic rings. The van der Waals surface area contributed by atoms with Crippen molar-refractivity contribution < 1.29 is 4.74 Å². The van der Waals surface area contributed by atoms with Crippen molar-refractivity contribution in [2.24, 2.45) is 5.73 Å². The quantitative estimate of drug-likeness (QED) is 0.794. The van der Waals surface area contributed by atoms with Gasteiger partial charge in [0.05, 0.1) is 0 Å². The molecule has 2 N–H and O–H groups in total. The van der Waals surface area contributed by atoms with E-state index in [2.05, 4.69) is 11.9 Å². The van der Waals surface area contributed by atoms with Gasteiger partial charge in [-0.2, -0.15) is 0 Å². The molecule has 1 aromatic carbocycles. The number of nitrogens with two attached hydrogens (primary N) is 1. The van der Waals surface area contributed by atoms with Crippen LogP contribution >= 0.6 is 11.6 Å². The molecule has 0 aromatic heterocycles. The Hall–Kier alpha value is -0.770.